The molecule has 112 valence electrons. The Morgan fingerprint density at radius 2 is 1.75 bits per heavy atom. The fraction of sp³-hybridized carbons (Fsp3) is 0.625. The van der Waals surface area contributed by atoms with E-state index in [2.05, 4.69) is 11.6 Å². The van der Waals surface area contributed by atoms with Gasteiger partial charge in [0.1, 0.15) is 0 Å². The molecule has 0 heterocycles. The Bertz CT molecular complexity index is 502. The number of hydrogen-bond acceptors (Lipinski definition) is 2. The van der Waals surface area contributed by atoms with Crippen molar-refractivity contribution >= 4 is 10.0 Å². The van der Waals surface area contributed by atoms with Crippen LogP contribution in [-0.4, -0.2) is 15.0 Å². The topological polar surface area (TPSA) is 46.2 Å². The van der Waals surface area contributed by atoms with Crippen LogP contribution in [-0.2, 0) is 16.4 Å². The summed E-state index contributed by atoms with van der Waals surface area (Å²) in [7, 11) is -3.34. The number of benzene rings is 1. The molecule has 1 saturated carbocycles. The molecule has 0 aliphatic heterocycles. The number of aryl methyl sites for hydroxylation is 1. The van der Waals surface area contributed by atoms with Crippen molar-refractivity contribution in [1.29, 1.82) is 0 Å². The van der Waals surface area contributed by atoms with Crippen LogP contribution in [0.3, 0.4) is 0 Å². The lowest BCUT2D eigenvalue weighted by atomic mass is 9.90. The van der Waals surface area contributed by atoms with Gasteiger partial charge in [-0.1, -0.05) is 44.7 Å². The second kappa shape index (κ2) is 7.23. The highest BCUT2D eigenvalue weighted by atomic mass is 32.2. The van der Waals surface area contributed by atoms with Gasteiger partial charge in [0.2, 0.25) is 10.0 Å². The van der Waals surface area contributed by atoms with Gasteiger partial charge >= 0.3 is 0 Å². The Kier molecular flexibility index (Phi) is 5.61. The molecule has 2 rings (SSSR count). The van der Waals surface area contributed by atoms with Crippen molar-refractivity contribution in [2.75, 3.05) is 6.54 Å². The summed E-state index contributed by atoms with van der Waals surface area (Å²) < 4.78 is 27.2. The molecular weight excluding hydrogens is 270 g/mol. The largest absolute Gasteiger partial charge is 0.240 e. The van der Waals surface area contributed by atoms with Gasteiger partial charge in [-0.05, 0) is 42.9 Å². The fourth-order valence-corrected chi connectivity index (χ4v) is 3.94. The third-order valence-corrected chi connectivity index (χ3v) is 5.50. The monoisotopic (exact) mass is 295 g/mol. The molecule has 1 aliphatic rings. The lowest BCUT2D eigenvalue weighted by Gasteiger charge is -2.21. The lowest BCUT2D eigenvalue weighted by molar-refractivity contribution is 0.357. The molecular formula is C16H25NO2S. The minimum absolute atomic E-state index is 0.383. The maximum atomic E-state index is 12.2. The summed E-state index contributed by atoms with van der Waals surface area (Å²) in [6, 6.07) is 7.26. The van der Waals surface area contributed by atoms with Crippen molar-refractivity contribution < 1.29 is 8.42 Å². The van der Waals surface area contributed by atoms with E-state index in [4.69, 9.17) is 0 Å². The SMILES string of the molecule is CCCc1ccc(S(=O)(=O)NCC2CCCCC2)cc1. The Balaban J connectivity index is 1.94. The molecule has 1 N–H and O–H groups in total. The first-order valence-corrected chi connectivity index (χ1v) is 9.19. The molecule has 1 aliphatic carbocycles. The first kappa shape index (κ1) is 15.5. The standard InChI is InChI=1S/C16H25NO2S/c1-2-6-14-9-11-16(12-10-14)20(18,19)17-13-15-7-4-3-5-8-15/h9-12,15,17H,2-8,13H2,1H3. The van der Waals surface area contributed by atoms with E-state index in [0.29, 0.717) is 17.4 Å². The summed E-state index contributed by atoms with van der Waals surface area (Å²) in [5.41, 5.74) is 1.19. The highest BCUT2D eigenvalue weighted by Gasteiger charge is 2.18. The summed E-state index contributed by atoms with van der Waals surface area (Å²) >= 11 is 0. The molecule has 0 unspecified atom stereocenters. The van der Waals surface area contributed by atoms with Gasteiger partial charge in [0, 0.05) is 6.54 Å². The van der Waals surface area contributed by atoms with Gasteiger partial charge in [0.05, 0.1) is 4.90 Å². The van der Waals surface area contributed by atoms with Crippen molar-refractivity contribution in [3.8, 4) is 0 Å². The number of rotatable bonds is 6. The number of hydrogen-bond donors (Lipinski definition) is 1. The summed E-state index contributed by atoms with van der Waals surface area (Å²) in [6.07, 6.45) is 8.14. The molecule has 4 heteroatoms. The van der Waals surface area contributed by atoms with E-state index in [1.54, 1.807) is 12.1 Å². The summed E-state index contributed by atoms with van der Waals surface area (Å²) in [5, 5.41) is 0. The third kappa shape index (κ3) is 4.32. The first-order valence-electron chi connectivity index (χ1n) is 7.70. The van der Waals surface area contributed by atoms with E-state index in [-0.39, 0.29) is 0 Å². The predicted molar refractivity (Wildman–Crippen MR) is 82.2 cm³/mol. The van der Waals surface area contributed by atoms with E-state index in [9.17, 15) is 8.42 Å². The molecule has 20 heavy (non-hydrogen) atoms. The molecule has 0 aromatic heterocycles. The second-order valence-electron chi connectivity index (χ2n) is 5.75. The first-order chi connectivity index (χ1) is 9.62. The van der Waals surface area contributed by atoms with Gasteiger partial charge in [0.25, 0.3) is 0 Å². The van der Waals surface area contributed by atoms with Gasteiger partial charge in [-0.25, -0.2) is 13.1 Å². The van der Waals surface area contributed by atoms with Crippen molar-refractivity contribution in [2.24, 2.45) is 5.92 Å². The predicted octanol–water partition coefficient (Wildman–Crippen LogP) is 3.50. The summed E-state index contributed by atoms with van der Waals surface area (Å²) in [5.74, 6) is 0.512. The van der Waals surface area contributed by atoms with Crippen LogP contribution in [0.25, 0.3) is 0 Å². The maximum absolute atomic E-state index is 12.2. The third-order valence-electron chi connectivity index (χ3n) is 4.06. The molecule has 0 bridgehead atoms. The highest BCUT2D eigenvalue weighted by Crippen LogP contribution is 2.23. The van der Waals surface area contributed by atoms with E-state index in [1.165, 1.54) is 24.8 Å². The molecule has 1 fully saturated rings. The molecule has 0 saturated heterocycles. The molecule has 0 atom stereocenters. The van der Waals surface area contributed by atoms with Crippen molar-refractivity contribution in [1.82, 2.24) is 4.72 Å². The summed E-state index contributed by atoms with van der Waals surface area (Å²) in [4.78, 5) is 0.383. The zero-order valence-electron chi connectivity index (χ0n) is 12.3. The van der Waals surface area contributed by atoms with Crippen LogP contribution in [0.2, 0.25) is 0 Å². The van der Waals surface area contributed by atoms with Gasteiger partial charge in [0.15, 0.2) is 0 Å². The Hall–Kier alpha value is -0.870. The van der Waals surface area contributed by atoms with Crippen LogP contribution < -0.4 is 4.72 Å². The van der Waals surface area contributed by atoms with Gasteiger partial charge in [-0.15, -0.1) is 0 Å². The van der Waals surface area contributed by atoms with Crippen LogP contribution >= 0.6 is 0 Å². The average Bonchev–Trinajstić information content (AvgIpc) is 2.47. The maximum Gasteiger partial charge on any atom is 0.240 e. The van der Waals surface area contributed by atoms with E-state index in [1.807, 2.05) is 12.1 Å². The summed E-state index contributed by atoms with van der Waals surface area (Å²) in [6.45, 7) is 2.70. The Morgan fingerprint density at radius 1 is 1.10 bits per heavy atom. The number of nitrogens with one attached hydrogen (secondary N) is 1. The Morgan fingerprint density at radius 3 is 2.35 bits per heavy atom. The molecule has 1 aromatic rings. The second-order valence-corrected chi connectivity index (χ2v) is 7.52. The normalized spacial score (nSPS) is 17.2. The zero-order valence-corrected chi connectivity index (χ0v) is 13.1. The Labute approximate surface area is 122 Å². The van der Waals surface area contributed by atoms with Crippen LogP contribution in [0.5, 0.6) is 0 Å². The van der Waals surface area contributed by atoms with Gasteiger partial charge in [-0.3, -0.25) is 0 Å². The van der Waals surface area contributed by atoms with Crippen LogP contribution in [0, 0.1) is 5.92 Å². The molecule has 0 radical (unpaired) electrons. The molecule has 0 spiro atoms. The van der Waals surface area contributed by atoms with E-state index < -0.39 is 10.0 Å². The number of sulfonamides is 1. The van der Waals surface area contributed by atoms with E-state index in [0.717, 1.165) is 25.7 Å². The molecule has 1 aromatic carbocycles. The molecule has 3 nitrogen and oxygen atoms in total. The lowest BCUT2D eigenvalue weighted by Crippen LogP contribution is -2.30. The average molecular weight is 295 g/mol. The minimum atomic E-state index is -3.34. The van der Waals surface area contributed by atoms with E-state index >= 15 is 0 Å². The molecule has 0 amide bonds. The smallest absolute Gasteiger partial charge is 0.211 e. The van der Waals surface area contributed by atoms with Crippen molar-refractivity contribution in [3.63, 3.8) is 0 Å². The van der Waals surface area contributed by atoms with Gasteiger partial charge < -0.3 is 0 Å². The van der Waals surface area contributed by atoms with Crippen LogP contribution in [0.15, 0.2) is 29.2 Å². The fourth-order valence-electron chi connectivity index (χ4n) is 2.83. The highest BCUT2D eigenvalue weighted by molar-refractivity contribution is 7.89. The van der Waals surface area contributed by atoms with Crippen LogP contribution in [0.4, 0.5) is 0 Å². The quantitative estimate of drug-likeness (QED) is 0.873. The zero-order chi connectivity index (χ0) is 14.4. The van der Waals surface area contributed by atoms with Crippen molar-refractivity contribution in [3.05, 3.63) is 29.8 Å². The van der Waals surface area contributed by atoms with Crippen molar-refractivity contribution in [2.45, 2.75) is 56.8 Å². The van der Waals surface area contributed by atoms with Gasteiger partial charge in [-0.2, -0.15) is 0 Å². The minimum Gasteiger partial charge on any atom is -0.211 e. The van der Waals surface area contributed by atoms with Crippen LogP contribution in [0.1, 0.15) is 51.0 Å².